The van der Waals surface area contributed by atoms with Gasteiger partial charge >= 0.3 is 0 Å². The van der Waals surface area contributed by atoms with Crippen molar-refractivity contribution in [3.63, 3.8) is 0 Å². The highest BCUT2D eigenvalue weighted by Crippen LogP contribution is 2.33. The fraction of sp³-hybridized carbons (Fsp3) is 0.462. The summed E-state index contributed by atoms with van der Waals surface area (Å²) in [6.07, 6.45) is 1.10. The van der Waals surface area contributed by atoms with Crippen LogP contribution in [0.4, 0.5) is 5.69 Å². The van der Waals surface area contributed by atoms with E-state index in [2.05, 4.69) is 24.2 Å². The number of nitrogens with one attached hydrogen (secondary N) is 1. The molecule has 1 atom stereocenters. The maximum atomic E-state index is 6.13. The summed E-state index contributed by atoms with van der Waals surface area (Å²) in [5.74, 6) is 1.67. The van der Waals surface area contributed by atoms with Gasteiger partial charge in [-0.15, -0.1) is 0 Å². The zero-order valence-corrected chi connectivity index (χ0v) is 13.8. The minimum absolute atomic E-state index is 0.383. The lowest BCUT2D eigenvalue weighted by Gasteiger charge is -2.09. The van der Waals surface area contributed by atoms with Crippen molar-refractivity contribution in [2.75, 3.05) is 11.1 Å². The predicted octanol–water partition coefficient (Wildman–Crippen LogP) is 5.58. The highest BCUT2D eigenvalue weighted by molar-refractivity contribution is 8.14. The molecule has 1 heterocycles. The third-order valence-electron chi connectivity index (χ3n) is 2.71. The first-order valence-corrected chi connectivity index (χ1v) is 8.20. The maximum Gasteiger partial charge on any atom is 0.161 e. The quantitative estimate of drug-likeness (QED) is 0.728. The summed E-state index contributed by atoms with van der Waals surface area (Å²) in [4.78, 5) is 4.65. The Balaban J connectivity index is 2.08. The summed E-state index contributed by atoms with van der Waals surface area (Å²) in [5.41, 5.74) is 0.743. The molecule has 6 heteroatoms. The van der Waals surface area contributed by atoms with E-state index in [4.69, 9.17) is 34.8 Å². The van der Waals surface area contributed by atoms with Crippen LogP contribution in [0.1, 0.15) is 20.3 Å². The maximum absolute atomic E-state index is 6.13. The smallest absolute Gasteiger partial charge is 0.161 e. The average molecular weight is 338 g/mol. The molecule has 0 saturated heterocycles. The Hall–Kier alpha value is -0.0900. The van der Waals surface area contributed by atoms with Gasteiger partial charge in [-0.1, -0.05) is 60.4 Å². The van der Waals surface area contributed by atoms with Crippen molar-refractivity contribution in [3.8, 4) is 0 Å². The van der Waals surface area contributed by atoms with Gasteiger partial charge < -0.3 is 5.32 Å². The zero-order chi connectivity index (χ0) is 14.0. The number of anilines is 1. The van der Waals surface area contributed by atoms with Gasteiger partial charge in [0.15, 0.2) is 5.17 Å². The molecule has 1 aromatic rings. The monoisotopic (exact) mass is 336 g/mol. The Morgan fingerprint density at radius 3 is 2.63 bits per heavy atom. The highest BCUT2D eigenvalue weighted by atomic mass is 35.5. The molecule has 1 N–H and O–H groups in total. The molecule has 104 valence electrons. The molecule has 19 heavy (non-hydrogen) atoms. The van der Waals surface area contributed by atoms with Gasteiger partial charge in [-0.05, 0) is 24.5 Å². The topological polar surface area (TPSA) is 24.4 Å². The van der Waals surface area contributed by atoms with Gasteiger partial charge in [0.25, 0.3) is 0 Å². The lowest BCUT2D eigenvalue weighted by Crippen LogP contribution is -2.08. The van der Waals surface area contributed by atoms with Crippen LogP contribution < -0.4 is 5.32 Å². The van der Waals surface area contributed by atoms with Gasteiger partial charge in [0, 0.05) is 5.75 Å². The second-order valence-electron chi connectivity index (χ2n) is 4.90. The molecule has 1 aromatic carbocycles. The molecule has 0 fully saturated rings. The number of rotatable bonds is 3. The molecule has 0 spiro atoms. The van der Waals surface area contributed by atoms with Crippen molar-refractivity contribution in [1.82, 2.24) is 0 Å². The Labute approximate surface area is 132 Å². The Morgan fingerprint density at radius 2 is 1.95 bits per heavy atom. The van der Waals surface area contributed by atoms with Crippen molar-refractivity contribution in [2.24, 2.45) is 10.9 Å². The summed E-state index contributed by atoms with van der Waals surface area (Å²) in [6.45, 7) is 4.42. The first-order chi connectivity index (χ1) is 8.95. The van der Waals surface area contributed by atoms with E-state index in [1.165, 1.54) is 0 Å². The number of halogens is 3. The van der Waals surface area contributed by atoms with Crippen LogP contribution in [0, 0.1) is 5.92 Å². The van der Waals surface area contributed by atoms with E-state index in [-0.39, 0.29) is 0 Å². The molecule has 2 nitrogen and oxygen atoms in total. The van der Waals surface area contributed by atoms with Crippen molar-refractivity contribution < 1.29 is 0 Å². The largest absolute Gasteiger partial charge is 0.334 e. The molecule has 2 rings (SSSR count). The van der Waals surface area contributed by atoms with Crippen molar-refractivity contribution >= 4 is 57.4 Å². The first-order valence-electron chi connectivity index (χ1n) is 6.08. The number of nitrogens with zero attached hydrogens (tertiary/aromatic N) is 1. The van der Waals surface area contributed by atoms with Crippen molar-refractivity contribution in [2.45, 2.75) is 26.3 Å². The molecule has 1 aliphatic heterocycles. The van der Waals surface area contributed by atoms with Crippen LogP contribution in [0.15, 0.2) is 17.1 Å². The molecular formula is C13H15Cl3N2S. The second kappa shape index (κ2) is 6.57. The lowest BCUT2D eigenvalue weighted by molar-refractivity contribution is 0.529. The molecule has 0 radical (unpaired) electrons. The second-order valence-corrected chi connectivity index (χ2v) is 7.13. The molecule has 0 aromatic heterocycles. The summed E-state index contributed by atoms with van der Waals surface area (Å²) in [6, 6.07) is 3.75. The third kappa shape index (κ3) is 4.19. The number of aliphatic imine (C=N–C) groups is 1. The van der Waals surface area contributed by atoms with Crippen LogP contribution in [0.2, 0.25) is 15.1 Å². The van der Waals surface area contributed by atoms with Crippen LogP contribution >= 0.6 is 46.6 Å². The molecule has 1 aliphatic rings. The van der Waals surface area contributed by atoms with Gasteiger partial charge in [-0.2, -0.15) is 0 Å². The van der Waals surface area contributed by atoms with E-state index >= 15 is 0 Å². The Morgan fingerprint density at radius 1 is 1.26 bits per heavy atom. The van der Waals surface area contributed by atoms with E-state index in [0.717, 1.165) is 23.0 Å². The van der Waals surface area contributed by atoms with Crippen molar-refractivity contribution in [1.29, 1.82) is 0 Å². The lowest BCUT2D eigenvalue weighted by atomic mass is 10.1. The van der Waals surface area contributed by atoms with Crippen LogP contribution in [-0.4, -0.2) is 17.0 Å². The highest BCUT2D eigenvalue weighted by Gasteiger charge is 2.20. The van der Waals surface area contributed by atoms with Gasteiger partial charge in [0.05, 0.1) is 26.8 Å². The van der Waals surface area contributed by atoms with E-state index < -0.39 is 0 Å². The molecule has 0 bridgehead atoms. The normalized spacial score (nSPS) is 18.8. The summed E-state index contributed by atoms with van der Waals surface area (Å²) < 4.78 is 0. The average Bonchev–Trinajstić information content (AvgIpc) is 2.72. The molecule has 0 amide bonds. The van der Waals surface area contributed by atoms with Crippen LogP contribution in [0.3, 0.4) is 0 Å². The van der Waals surface area contributed by atoms with Gasteiger partial charge in [0.2, 0.25) is 0 Å². The fourth-order valence-corrected chi connectivity index (χ4v) is 3.44. The van der Waals surface area contributed by atoms with Crippen molar-refractivity contribution in [3.05, 3.63) is 27.2 Å². The predicted molar refractivity (Wildman–Crippen MR) is 88.2 cm³/mol. The van der Waals surface area contributed by atoms with E-state index in [9.17, 15) is 0 Å². The standard InChI is InChI=1S/C13H15Cl3N2S/c1-7(2)3-8-6-19-13(17-8)18-12-5-10(15)9(14)4-11(12)16/h4-5,7-8H,3,6H2,1-2H3,(H,17,18). The van der Waals surface area contributed by atoms with Gasteiger partial charge in [-0.3, -0.25) is 4.99 Å². The summed E-state index contributed by atoms with van der Waals surface area (Å²) >= 11 is 19.7. The SMILES string of the molecule is CC(C)CC1CSC(Nc2cc(Cl)c(Cl)cc2Cl)=N1. The van der Waals surface area contributed by atoms with E-state index in [0.29, 0.717) is 27.0 Å². The number of amidine groups is 1. The Kier molecular flexibility index (Phi) is 5.29. The zero-order valence-electron chi connectivity index (χ0n) is 10.7. The fourth-order valence-electron chi connectivity index (χ4n) is 1.88. The summed E-state index contributed by atoms with van der Waals surface area (Å²) in [5, 5.41) is 5.60. The molecule has 0 saturated carbocycles. The number of hydrogen-bond donors (Lipinski definition) is 1. The van der Waals surface area contributed by atoms with E-state index in [1.807, 2.05) is 0 Å². The minimum Gasteiger partial charge on any atom is -0.334 e. The third-order valence-corrected chi connectivity index (χ3v) is 4.77. The van der Waals surface area contributed by atoms with Gasteiger partial charge in [-0.25, -0.2) is 0 Å². The first kappa shape index (κ1) is 15.3. The molecule has 1 unspecified atom stereocenters. The number of hydrogen-bond acceptors (Lipinski definition) is 3. The van der Waals surface area contributed by atoms with E-state index in [1.54, 1.807) is 23.9 Å². The molecular weight excluding hydrogens is 323 g/mol. The molecule has 0 aliphatic carbocycles. The van der Waals surface area contributed by atoms with Crippen LogP contribution in [0.5, 0.6) is 0 Å². The minimum atomic E-state index is 0.383. The van der Waals surface area contributed by atoms with Crippen LogP contribution in [-0.2, 0) is 0 Å². The number of thioether (sulfide) groups is 1. The number of benzene rings is 1. The summed E-state index contributed by atoms with van der Waals surface area (Å²) in [7, 11) is 0. The van der Waals surface area contributed by atoms with Gasteiger partial charge in [0.1, 0.15) is 0 Å². The Bertz CT molecular complexity index is 503. The van der Waals surface area contributed by atoms with Crippen LogP contribution in [0.25, 0.3) is 0 Å².